The number of hydrogen-bond acceptors (Lipinski definition) is 3. The number of rotatable bonds is 3. The van der Waals surface area contributed by atoms with E-state index in [0.717, 1.165) is 5.39 Å². The van der Waals surface area contributed by atoms with E-state index in [4.69, 9.17) is 4.74 Å². The fourth-order valence-corrected chi connectivity index (χ4v) is 2.20. The number of hydrogen-bond donors (Lipinski definition) is 0. The monoisotopic (exact) mass is 284 g/mol. The number of halogens is 1. The van der Waals surface area contributed by atoms with E-state index >= 15 is 0 Å². The first-order valence-corrected chi connectivity index (χ1v) is 6.60. The number of esters is 1. The molecule has 0 saturated heterocycles. The minimum Gasteiger partial charge on any atom is -0.462 e. The molecule has 0 aliphatic heterocycles. The lowest BCUT2D eigenvalue weighted by atomic mass is 10.2. The average Bonchev–Trinajstić information content (AvgIpc) is 2.91. The van der Waals surface area contributed by atoms with Crippen LogP contribution in [0.4, 0.5) is 4.39 Å². The van der Waals surface area contributed by atoms with Crippen LogP contribution >= 0.6 is 0 Å². The molecule has 1 aromatic carbocycles. The van der Waals surface area contributed by atoms with Gasteiger partial charge in [0.05, 0.1) is 17.9 Å². The summed E-state index contributed by atoms with van der Waals surface area (Å²) in [6, 6.07) is 9.88. The Kier molecular flexibility index (Phi) is 3.39. The molecular formula is C16H13FN2O2. The van der Waals surface area contributed by atoms with Crippen molar-refractivity contribution in [1.82, 2.24) is 9.55 Å². The highest BCUT2D eigenvalue weighted by Crippen LogP contribution is 2.21. The lowest BCUT2D eigenvalue weighted by molar-refractivity contribution is 0.0526. The maximum Gasteiger partial charge on any atom is 0.338 e. The summed E-state index contributed by atoms with van der Waals surface area (Å²) in [6.07, 6.45) is 3.41. The third-order valence-corrected chi connectivity index (χ3v) is 3.17. The van der Waals surface area contributed by atoms with Gasteiger partial charge in [-0.3, -0.25) is 4.57 Å². The van der Waals surface area contributed by atoms with Crippen LogP contribution in [0.25, 0.3) is 16.7 Å². The Balaban J connectivity index is 2.05. The lowest BCUT2D eigenvalue weighted by Crippen LogP contribution is -2.06. The van der Waals surface area contributed by atoms with Gasteiger partial charge in [-0.2, -0.15) is 0 Å². The number of aromatic nitrogens is 2. The van der Waals surface area contributed by atoms with Gasteiger partial charge in [0.2, 0.25) is 0 Å². The number of benzene rings is 1. The van der Waals surface area contributed by atoms with Gasteiger partial charge in [0.1, 0.15) is 11.5 Å². The largest absolute Gasteiger partial charge is 0.462 e. The van der Waals surface area contributed by atoms with E-state index in [1.54, 1.807) is 36.0 Å². The molecule has 0 spiro atoms. The van der Waals surface area contributed by atoms with E-state index in [1.165, 1.54) is 6.07 Å². The normalized spacial score (nSPS) is 10.8. The molecule has 0 N–H and O–H groups in total. The van der Waals surface area contributed by atoms with Crippen molar-refractivity contribution in [3.8, 4) is 5.69 Å². The van der Waals surface area contributed by atoms with Gasteiger partial charge in [-0.25, -0.2) is 14.2 Å². The molecule has 4 nitrogen and oxygen atoms in total. The van der Waals surface area contributed by atoms with Crippen LogP contribution in [-0.4, -0.2) is 22.1 Å². The van der Waals surface area contributed by atoms with Crippen molar-refractivity contribution >= 4 is 17.0 Å². The van der Waals surface area contributed by atoms with Crippen LogP contribution < -0.4 is 0 Å². The molecule has 0 radical (unpaired) electrons. The molecule has 3 aromatic rings. The zero-order valence-corrected chi connectivity index (χ0v) is 11.4. The molecule has 0 saturated carbocycles. The number of ether oxygens (including phenoxy) is 1. The molecule has 0 fully saturated rings. The molecule has 5 heteroatoms. The van der Waals surface area contributed by atoms with Gasteiger partial charge in [0, 0.05) is 17.8 Å². The Bertz CT molecular complexity index is 811. The zero-order chi connectivity index (χ0) is 14.8. The SMILES string of the molecule is CCOC(=O)c1ccc(-n2ccc3cccnc32)c(F)c1. The third kappa shape index (κ3) is 2.38. The van der Waals surface area contributed by atoms with Crippen molar-refractivity contribution in [3.05, 3.63) is 60.2 Å². The van der Waals surface area contributed by atoms with E-state index < -0.39 is 11.8 Å². The van der Waals surface area contributed by atoms with Crippen LogP contribution in [0, 0.1) is 5.82 Å². The number of carbonyl (C=O) groups excluding carboxylic acids is 1. The quantitative estimate of drug-likeness (QED) is 0.693. The molecule has 21 heavy (non-hydrogen) atoms. The third-order valence-electron chi connectivity index (χ3n) is 3.17. The molecular weight excluding hydrogens is 271 g/mol. The smallest absolute Gasteiger partial charge is 0.338 e. The molecule has 0 amide bonds. The van der Waals surface area contributed by atoms with Gasteiger partial charge in [0.15, 0.2) is 0 Å². The van der Waals surface area contributed by atoms with Crippen molar-refractivity contribution in [2.75, 3.05) is 6.61 Å². The summed E-state index contributed by atoms with van der Waals surface area (Å²) in [4.78, 5) is 15.8. The molecule has 0 bridgehead atoms. The van der Waals surface area contributed by atoms with E-state index in [1.807, 2.05) is 18.2 Å². The fourth-order valence-electron chi connectivity index (χ4n) is 2.20. The van der Waals surface area contributed by atoms with Gasteiger partial charge in [-0.1, -0.05) is 0 Å². The molecule has 0 unspecified atom stereocenters. The topological polar surface area (TPSA) is 44.1 Å². The van der Waals surface area contributed by atoms with Gasteiger partial charge < -0.3 is 4.74 Å². The van der Waals surface area contributed by atoms with Crippen molar-refractivity contribution in [2.24, 2.45) is 0 Å². The van der Waals surface area contributed by atoms with Crippen LogP contribution in [0.1, 0.15) is 17.3 Å². The van der Waals surface area contributed by atoms with Gasteiger partial charge in [-0.05, 0) is 43.3 Å². The summed E-state index contributed by atoms with van der Waals surface area (Å²) in [7, 11) is 0. The Morgan fingerprint density at radius 2 is 2.19 bits per heavy atom. The second-order valence-corrected chi connectivity index (χ2v) is 4.49. The highest BCUT2D eigenvalue weighted by atomic mass is 19.1. The minimum absolute atomic E-state index is 0.197. The van der Waals surface area contributed by atoms with Crippen LogP contribution in [0.2, 0.25) is 0 Å². The first-order chi connectivity index (χ1) is 10.2. The molecule has 2 heterocycles. The van der Waals surface area contributed by atoms with Crippen LogP contribution in [0.15, 0.2) is 48.8 Å². The second-order valence-electron chi connectivity index (χ2n) is 4.49. The summed E-state index contributed by atoms with van der Waals surface area (Å²) in [6.45, 7) is 1.97. The van der Waals surface area contributed by atoms with Gasteiger partial charge in [0.25, 0.3) is 0 Å². The van der Waals surface area contributed by atoms with Crippen LogP contribution in [0.3, 0.4) is 0 Å². The predicted molar refractivity (Wildman–Crippen MR) is 77.0 cm³/mol. The maximum atomic E-state index is 14.3. The lowest BCUT2D eigenvalue weighted by Gasteiger charge is -2.08. The summed E-state index contributed by atoms with van der Waals surface area (Å²) in [5, 5.41) is 0.923. The van der Waals surface area contributed by atoms with E-state index in [2.05, 4.69) is 4.98 Å². The highest BCUT2D eigenvalue weighted by molar-refractivity contribution is 5.89. The van der Waals surface area contributed by atoms with Crippen LogP contribution in [0.5, 0.6) is 0 Å². The number of carbonyl (C=O) groups is 1. The second kappa shape index (κ2) is 5.36. The molecule has 0 aliphatic carbocycles. The first-order valence-electron chi connectivity index (χ1n) is 6.60. The maximum absolute atomic E-state index is 14.3. The van der Waals surface area contributed by atoms with E-state index in [-0.39, 0.29) is 12.2 Å². The summed E-state index contributed by atoms with van der Waals surface area (Å²) in [5.74, 6) is -1.03. The average molecular weight is 284 g/mol. The standard InChI is InChI=1S/C16H13FN2O2/c1-2-21-16(20)12-5-6-14(13(17)10-12)19-9-7-11-4-3-8-18-15(11)19/h3-10H,2H2,1H3. The van der Waals surface area contributed by atoms with Gasteiger partial charge in [-0.15, -0.1) is 0 Å². The zero-order valence-electron chi connectivity index (χ0n) is 11.4. The summed E-state index contributed by atoms with van der Waals surface area (Å²) < 4.78 is 20.8. The Hall–Kier alpha value is -2.69. The Morgan fingerprint density at radius 1 is 1.33 bits per heavy atom. The molecule has 2 aromatic heterocycles. The summed E-state index contributed by atoms with van der Waals surface area (Å²) in [5.41, 5.74) is 1.21. The molecule has 0 aliphatic rings. The molecule has 0 atom stereocenters. The molecule has 106 valence electrons. The summed E-state index contributed by atoms with van der Waals surface area (Å²) >= 11 is 0. The number of fused-ring (bicyclic) bond motifs is 1. The predicted octanol–water partition coefficient (Wildman–Crippen LogP) is 3.34. The molecule has 3 rings (SSSR count). The first kappa shape index (κ1) is 13.3. The number of nitrogens with zero attached hydrogens (tertiary/aromatic N) is 2. The Labute approximate surface area is 120 Å². The fraction of sp³-hybridized carbons (Fsp3) is 0.125. The van der Waals surface area contributed by atoms with Crippen LogP contribution in [-0.2, 0) is 4.74 Å². The minimum atomic E-state index is -0.529. The van der Waals surface area contributed by atoms with Crippen molar-refractivity contribution in [2.45, 2.75) is 6.92 Å². The van der Waals surface area contributed by atoms with Crippen molar-refractivity contribution < 1.29 is 13.9 Å². The number of pyridine rings is 1. The van der Waals surface area contributed by atoms with Gasteiger partial charge >= 0.3 is 5.97 Å². The van der Waals surface area contributed by atoms with Crippen molar-refractivity contribution in [1.29, 1.82) is 0 Å². The Morgan fingerprint density at radius 3 is 2.95 bits per heavy atom. The van der Waals surface area contributed by atoms with E-state index in [9.17, 15) is 9.18 Å². The van der Waals surface area contributed by atoms with E-state index in [0.29, 0.717) is 11.3 Å². The van der Waals surface area contributed by atoms with Crippen molar-refractivity contribution in [3.63, 3.8) is 0 Å². The highest BCUT2D eigenvalue weighted by Gasteiger charge is 2.13.